The Bertz CT molecular complexity index is 546. The highest BCUT2D eigenvalue weighted by molar-refractivity contribution is 6.32. The zero-order valence-corrected chi connectivity index (χ0v) is 13.8. The molecule has 1 fully saturated rings. The average molecular weight is 310 g/mol. The van der Waals surface area contributed by atoms with E-state index < -0.39 is 6.10 Å². The van der Waals surface area contributed by atoms with E-state index in [1.807, 2.05) is 19.9 Å². The lowest BCUT2D eigenvalue weighted by molar-refractivity contribution is -0.0130. The van der Waals surface area contributed by atoms with Gasteiger partial charge in [0.2, 0.25) is 0 Å². The van der Waals surface area contributed by atoms with E-state index in [-0.39, 0.29) is 6.04 Å². The number of rotatable bonds is 1. The van der Waals surface area contributed by atoms with E-state index >= 15 is 0 Å². The van der Waals surface area contributed by atoms with Crippen LogP contribution in [0.3, 0.4) is 0 Å². The molecule has 116 valence electrons. The first-order valence-electron chi connectivity index (χ1n) is 7.83. The lowest BCUT2D eigenvalue weighted by Gasteiger charge is -2.42. The first-order chi connectivity index (χ1) is 9.99. The number of benzene rings is 1. The molecule has 3 rings (SSSR count). The zero-order valence-electron chi connectivity index (χ0n) is 13.0. The van der Waals surface area contributed by atoms with E-state index in [2.05, 4.69) is 11.8 Å². The minimum Gasteiger partial charge on any atom is -0.491 e. The number of aliphatic hydroxyl groups is 1. The van der Waals surface area contributed by atoms with Gasteiger partial charge < -0.3 is 9.84 Å². The molecule has 1 N–H and O–H groups in total. The smallest absolute Gasteiger partial charge is 0.125 e. The maximum atomic E-state index is 10.9. The van der Waals surface area contributed by atoms with E-state index in [9.17, 15) is 5.11 Å². The van der Waals surface area contributed by atoms with Crippen molar-refractivity contribution < 1.29 is 9.84 Å². The molecule has 0 spiro atoms. The first kappa shape index (κ1) is 15.1. The fourth-order valence-electron chi connectivity index (χ4n) is 3.71. The Morgan fingerprint density at radius 3 is 2.86 bits per heavy atom. The number of hydrogen-bond acceptors (Lipinski definition) is 3. The van der Waals surface area contributed by atoms with Crippen LogP contribution in [0, 0.1) is 19.8 Å². The van der Waals surface area contributed by atoms with Gasteiger partial charge in [0, 0.05) is 17.1 Å². The summed E-state index contributed by atoms with van der Waals surface area (Å²) in [5.74, 6) is 1.48. The average Bonchev–Trinajstić information content (AvgIpc) is 2.45. The molecule has 0 aromatic heterocycles. The summed E-state index contributed by atoms with van der Waals surface area (Å²) in [5.41, 5.74) is 2.83. The molecule has 0 amide bonds. The Kier molecular flexibility index (Phi) is 4.17. The van der Waals surface area contributed by atoms with Crippen LogP contribution in [0.25, 0.3) is 0 Å². The Balaban J connectivity index is 1.91. The maximum Gasteiger partial charge on any atom is 0.125 e. The molecule has 21 heavy (non-hydrogen) atoms. The van der Waals surface area contributed by atoms with Gasteiger partial charge >= 0.3 is 0 Å². The van der Waals surface area contributed by atoms with Gasteiger partial charge in [-0.3, -0.25) is 4.90 Å². The van der Waals surface area contributed by atoms with Gasteiger partial charge in [-0.2, -0.15) is 0 Å². The highest BCUT2D eigenvalue weighted by Crippen LogP contribution is 2.41. The summed E-state index contributed by atoms with van der Waals surface area (Å²) in [6.07, 6.45) is 1.96. The number of piperidine rings is 1. The van der Waals surface area contributed by atoms with Gasteiger partial charge in [-0.05, 0) is 56.3 Å². The number of halogens is 1. The maximum absolute atomic E-state index is 10.9. The summed E-state index contributed by atoms with van der Waals surface area (Å²) in [6, 6.07) is 1.99. The van der Waals surface area contributed by atoms with Crippen LogP contribution in [0.2, 0.25) is 5.02 Å². The summed E-state index contributed by atoms with van der Waals surface area (Å²) in [5, 5.41) is 11.6. The number of ether oxygens (including phenoxy) is 1. The molecule has 1 aromatic carbocycles. The summed E-state index contributed by atoms with van der Waals surface area (Å²) >= 11 is 6.36. The second-order valence-electron chi connectivity index (χ2n) is 6.61. The molecule has 0 radical (unpaired) electrons. The van der Waals surface area contributed by atoms with Gasteiger partial charge in [-0.15, -0.1) is 0 Å². The number of nitrogens with zero attached hydrogens (tertiary/aromatic N) is 1. The van der Waals surface area contributed by atoms with E-state index in [1.165, 1.54) is 12.8 Å². The Hall–Kier alpha value is -0.770. The standard InChI is InChI=1S/C17H24ClNO2/c1-10-5-4-6-19(8-10)13-9-21-14-7-11(2)16(18)12(3)15(14)17(13)20/h7,10,13,17,20H,4-6,8-9H2,1-3H3. The second kappa shape index (κ2) is 5.79. The van der Waals surface area contributed by atoms with Crippen LogP contribution in [-0.2, 0) is 0 Å². The van der Waals surface area contributed by atoms with Gasteiger partial charge in [0.05, 0.1) is 6.04 Å². The van der Waals surface area contributed by atoms with Crippen LogP contribution in [0.5, 0.6) is 5.75 Å². The number of aryl methyl sites for hydroxylation is 1. The van der Waals surface area contributed by atoms with Crippen molar-refractivity contribution in [3.63, 3.8) is 0 Å². The van der Waals surface area contributed by atoms with Crippen LogP contribution in [0.4, 0.5) is 0 Å². The molecular formula is C17H24ClNO2. The lowest BCUT2D eigenvalue weighted by Crippen LogP contribution is -2.49. The molecule has 3 atom stereocenters. The van der Waals surface area contributed by atoms with Gasteiger partial charge in [0.15, 0.2) is 0 Å². The molecule has 2 heterocycles. The highest BCUT2D eigenvalue weighted by Gasteiger charge is 2.36. The van der Waals surface area contributed by atoms with E-state index in [0.717, 1.165) is 40.6 Å². The third-order valence-electron chi connectivity index (χ3n) is 4.92. The number of likely N-dealkylation sites (tertiary alicyclic amines) is 1. The Labute approximate surface area is 131 Å². The Morgan fingerprint density at radius 2 is 2.14 bits per heavy atom. The van der Waals surface area contributed by atoms with E-state index in [1.54, 1.807) is 0 Å². The van der Waals surface area contributed by atoms with Crippen LogP contribution in [0.15, 0.2) is 6.07 Å². The SMILES string of the molecule is Cc1cc2c(c(C)c1Cl)C(O)C(N1CCCC(C)C1)CO2. The third-order valence-corrected chi connectivity index (χ3v) is 5.50. The summed E-state index contributed by atoms with van der Waals surface area (Å²) in [6.45, 7) is 8.87. The Morgan fingerprint density at radius 1 is 1.38 bits per heavy atom. The van der Waals surface area contributed by atoms with Crippen molar-refractivity contribution in [2.75, 3.05) is 19.7 Å². The molecule has 3 unspecified atom stereocenters. The molecular weight excluding hydrogens is 286 g/mol. The first-order valence-corrected chi connectivity index (χ1v) is 8.21. The predicted octanol–water partition coefficient (Wildman–Crippen LogP) is 3.48. The number of aliphatic hydroxyl groups excluding tert-OH is 1. The molecule has 4 heteroatoms. The molecule has 0 saturated carbocycles. The van der Waals surface area contributed by atoms with Gasteiger partial charge in [-0.25, -0.2) is 0 Å². The molecule has 1 aromatic rings. The summed E-state index contributed by atoms with van der Waals surface area (Å²) in [7, 11) is 0. The van der Waals surface area contributed by atoms with Gasteiger partial charge in [-0.1, -0.05) is 18.5 Å². The quantitative estimate of drug-likeness (QED) is 0.862. The van der Waals surface area contributed by atoms with Crippen molar-refractivity contribution in [2.45, 2.75) is 45.8 Å². The fourth-order valence-corrected chi connectivity index (χ4v) is 3.87. The van der Waals surface area contributed by atoms with Crippen LogP contribution >= 0.6 is 11.6 Å². The van der Waals surface area contributed by atoms with Crippen molar-refractivity contribution in [3.8, 4) is 5.75 Å². The third kappa shape index (κ3) is 2.67. The van der Waals surface area contributed by atoms with E-state index in [0.29, 0.717) is 12.5 Å². The topological polar surface area (TPSA) is 32.7 Å². The van der Waals surface area contributed by atoms with Crippen LogP contribution in [0.1, 0.15) is 42.6 Å². The number of hydrogen-bond donors (Lipinski definition) is 1. The van der Waals surface area contributed by atoms with Crippen molar-refractivity contribution in [3.05, 3.63) is 27.8 Å². The predicted molar refractivity (Wildman–Crippen MR) is 85.1 cm³/mol. The van der Waals surface area contributed by atoms with Crippen molar-refractivity contribution in [2.24, 2.45) is 5.92 Å². The van der Waals surface area contributed by atoms with Gasteiger partial charge in [0.1, 0.15) is 18.5 Å². The van der Waals surface area contributed by atoms with Crippen molar-refractivity contribution in [1.29, 1.82) is 0 Å². The van der Waals surface area contributed by atoms with Crippen LogP contribution in [-0.4, -0.2) is 35.7 Å². The summed E-state index contributed by atoms with van der Waals surface area (Å²) in [4.78, 5) is 2.38. The molecule has 2 aliphatic rings. The van der Waals surface area contributed by atoms with Crippen LogP contribution < -0.4 is 4.74 Å². The largest absolute Gasteiger partial charge is 0.491 e. The molecule has 1 saturated heterocycles. The lowest BCUT2D eigenvalue weighted by atomic mass is 9.90. The molecule has 0 bridgehead atoms. The molecule has 0 aliphatic carbocycles. The highest BCUT2D eigenvalue weighted by atomic mass is 35.5. The number of fused-ring (bicyclic) bond motifs is 1. The normalized spacial score (nSPS) is 29.9. The fraction of sp³-hybridized carbons (Fsp3) is 0.647. The zero-order chi connectivity index (χ0) is 15.1. The molecule has 3 nitrogen and oxygen atoms in total. The van der Waals surface area contributed by atoms with E-state index in [4.69, 9.17) is 16.3 Å². The van der Waals surface area contributed by atoms with Gasteiger partial charge in [0.25, 0.3) is 0 Å². The summed E-state index contributed by atoms with van der Waals surface area (Å²) < 4.78 is 5.95. The second-order valence-corrected chi connectivity index (χ2v) is 6.99. The minimum atomic E-state index is -0.517. The minimum absolute atomic E-state index is 0.0396. The van der Waals surface area contributed by atoms with Crippen molar-refractivity contribution in [1.82, 2.24) is 4.90 Å². The van der Waals surface area contributed by atoms with Crippen molar-refractivity contribution >= 4 is 11.6 Å². The molecule has 2 aliphatic heterocycles. The monoisotopic (exact) mass is 309 g/mol.